The maximum atomic E-state index is 12.4. The van der Waals surface area contributed by atoms with Crippen molar-refractivity contribution in [1.29, 1.82) is 0 Å². The minimum absolute atomic E-state index is 0.0387. The maximum Gasteiger partial charge on any atom is 0.179 e. The van der Waals surface area contributed by atoms with Crippen LogP contribution in [-0.2, 0) is 9.84 Å². The van der Waals surface area contributed by atoms with Crippen molar-refractivity contribution in [2.24, 2.45) is 0 Å². The number of Topliss-reactive ketones (excluding diaryl/α,β-unsaturated/α-hetero) is 1. The topological polar surface area (TPSA) is 54.5 Å². The first-order valence-corrected chi connectivity index (χ1v) is 8.65. The van der Waals surface area contributed by atoms with Gasteiger partial charge in [0.1, 0.15) is 0 Å². The molecule has 0 aromatic heterocycles. The lowest BCUT2D eigenvalue weighted by Crippen LogP contribution is -2.43. The molecule has 1 aliphatic rings. The van der Waals surface area contributed by atoms with Crippen LogP contribution in [0.2, 0.25) is 0 Å². The number of rotatable bonds is 4. The van der Waals surface area contributed by atoms with Crippen LogP contribution in [0, 0.1) is 6.92 Å². The summed E-state index contributed by atoms with van der Waals surface area (Å²) in [5.74, 6) is 0.430. The highest BCUT2D eigenvalue weighted by molar-refractivity contribution is 7.91. The van der Waals surface area contributed by atoms with Crippen LogP contribution in [0.3, 0.4) is 0 Å². The SMILES string of the molecule is Cc1ccc(C(=O)C(C)N(C)C2CCS(=O)(=O)C2)cc1. The summed E-state index contributed by atoms with van der Waals surface area (Å²) in [6.07, 6.45) is 0.615. The van der Waals surface area contributed by atoms with Crippen LogP contribution < -0.4 is 0 Å². The molecule has 1 heterocycles. The summed E-state index contributed by atoms with van der Waals surface area (Å²) >= 11 is 0. The molecule has 0 spiro atoms. The molecule has 1 saturated heterocycles. The molecule has 1 aliphatic heterocycles. The normalized spacial score (nSPS) is 22.9. The molecule has 1 aromatic carbocycles. The molecule has 1 fully saturated rings. The third-order valence-electron chi connectivity index (χ3n) is 4.11. The Balaban J connectivity index is 2.08. The van der Waals surface area contributed by atoms with E-state index < -0.39 is 9.84 Å². The van der Waals surface area contributed by atoms with Crippen molar-refractivity contribution in [1.82, 2.24) is 4.90 Å². The summed E-state index contributed by atoms with van der Waals surface area (Å²) in [4.78, 5) is 14.3. The Morgan fingerprint density at radius 3 is 2.40 bits per heavy atom. The number of hydrogen-bond donors (Lipinski definition) is 0. The van der Waals surface area contributed by atoms with E-state index in [1.807, 2.05) is 50.1 Å². The van der Waals surface area contributed by atoms with Crippen molar-refractivity contribution in [3.63, 3.8) is 0 Å². The lowest BCUT2D eigenvalue weighted by Gasteiger charge is -2.28. The van der Waals surface area contributed by atoms with Gasteiger partial charge < -0.3 is 0 Å². The summed E-state index contributed by atoms with van der Waals surface area (Å²) in [6, 6.07) is 7.13. The molecule has 0 amide bonds. The standard InChI is InChI=1S/C15H21NO3S/c1-11-4-6-13(7-5-11)15(17)12(2)16(3)14-8-9-20(18,19)10-14/h4-7,12,14H,8-10H2,1-3H3. The minimum atomic E-state index is -2.92. The number of likely N-dealkylation sites (N-methyl/N-ethyl adjacent to an activating group) is 1. The fraction of sp³-hybridized carbons (Fsp3) is 0.533. The predicted octanol–water partition coefficient (Wildman–Crippen LogP) is 1.69. The Morgan fingerprint density at radius 1 is 1.30 bits per heavy atom. The van der Waals surface area contributed by atoms with E-state index in [1.165, 1.54) is 0 Å². The summed E-state index contributed by atoms with van der Waals surface area (Å²) in [7, 11) is -1.09. The van der Waals surface area contributed by atoms with Crippen LogP contribution in [0.15, 0.2) is 24.3 Å². The van der Waals surface area contributed by atoms with Gasteiger partial charge >= 0.3 is 0 Å². The number of nitrogens with zero attached hydrogens (tertiary/aromatic N) is 1. The first kappa shape index (κ1) is 15.2. The largest absolute Gasteiger partial charge is 0.293 e. The zero-order valence-electron chi connectivity index (χ0n) is 12.2. The van der Waals surface area contributed by atoms with Crippen LogP contribution in [0.4, 0.5) is 0 Å². The quantitative estimate of drug-likeness (QED) is 0.793. The summed E-state index contributed by atoms with van der Waals surface area (Å²) < 4.78 is 23.1. The highest BCUT2D eigenvalue weighted by Crippen LogP contribution is 2.20. The molecular weight excluding hydrogens is 274 g/mol. The van der Waals surface area contributed by atoms with Gasteiger partial charge in [-0.15, -0.1) is 0 Å². The Morgan fingerprint density at radius 2 is 1.90 bits per heavy atom. The van der Waals surface area contributed by atoms with Crippen molar-refractivity contribution >= 4 is 15.6 Å². The number of sulfone groups is 1. The molecule has 0 N–H and O–H groups in total. The van der Waals surface area contributed by atoms with Crippen LogP contribution in [-0.4, -0.2) is 49.7 Å². The molecule has 2 unspecified atom stereocenters. The van der Waals surface area contributed by atoms with Gasteiger partial charge in [0.25, 0.3) is 0 Å². The third-order valence-corrected chi connectivity index (χ3v) is 5.86. The van der Waals surface area contributed by atoms with E-state index in [2.05, 4.69) is 0 Å². The fourth-order valence-corrected chi connectivity index (χ4v) is 4.34. The van der Waals surface area contributed by atoms with Gasteiger partial charge in [-0.3, -0.25) is 9.69 Å². The molecule has 2 rings (SSSR count). The Bertz CT molecular complexity index is 592. The van der Waals surface area contributed by atoms with Crippen LogP contribution >= 0.6 is 0 Å². The number of carbonyl (C=O) groups is 1. The molecule has 2 atom stereocenters. The molecule has 110 valence electrons. The number of hydrogen-bond acceptors (Lipinski definition) is 4. The van der Waals surface area contributed by atoms with E-state index in [1.54, 1.807) is 0 Å². The monoisotopic (exact) mass is 295 g/mol. The van der Waals surface area contributed by atoms with E-state index in [0.717, 1.165) is 5.56 Å². The van der Waals surface area contributed by atoms with E-state index in [-0.39, 0.29) is 29.4 Å². The zero-order chi connectivity index (χ0) is 14.9. The van der Waals surface area contributed by atoms with Gasteiger partial charge in [0, 0.05) is 11.6 Å². The lowest BCUT2D eigenvalue weighted by molar-refractivity contribution is 0.0830. The van der Waals surface area contributed by atoms with Crippen molar-refractivity contribution in [3.8, 4) is 0 Å². The van der Waals surface area contributed by atoms with E-state index >= 15 is 0 Å². The second-order valence-corrected chi connectivity index (χ2v) is 7.86. The average Bonchev–Trinajstić information content (AvgIpc) is 2.77. The van der Waals surface area contributed by atoms with Gasteiger partial charge in [0.15, 0.2) is 15.6 Å². The Labute approximate surface area is 120 Å². The number of aryl methyl sites for hydroxylation is 1. The van der Waals surface area contributed by atoms with E-state index in [9.17, 15) is 13.2 Å². The highest BCUT2D eigenvalue weighted by atomic mass is 32.2. The van der Waals surface area contributed by atoms with Gasteiger partial charge in [0.2, 0.25) is 0 Å². The first-order chi connectivity index (χ1) is 9.30. The van der Waals surface area contributed by atoms with Crippen molar-refractivity contribution < 1.29 is 13.2 Å². The molecule has 1 aromatic rings. The zero-order valence-corrected chi connectivity index (χ0v) is 13.0. The van der Waals surface area contributed by atoms with Crippen LogP contribution in [0.25, 0.3) is 0 Å². The summed E-state index contributed by atoms with van der Waals surface area (Å²) in [5.41, 5.74) is 1.79. The van der Waals surface area contributed by atoms with Crippen LogP contribution in [0.1, 0.15) is 29.3 Å². The number of ketones is 1. The highest BCUT2D eigenvalue weighted by Gasteiger charge is 2.34. The number of benzene rings is 1. The molecular formula is C15H21NO3S. The third kappa shape index (κ3) is 3.27. The summed E-state index contributed by atoms with van der Waals surface area (Å²) in [6.45, 7) is 3.82. The van der Waals surface area contributed by atoms with Crippen molar-refractivity contribution in [2.75, 3.05) is 18.6 Å². The molecule has 0 saturated carbocycles. The van der Waals surface area contributed by atoms with Crippen molar-refractivity contribution in [2.45, 2.75) is 32.4 Å². The van der Waals surface area contributed by atoms with Gasteiger partial charge in [-0.05, 0) is 27.3 Å². The van der Waals surface area contributed by atoms with Gasteiger partial charge in [-0.1, -0.05) is 29.8 Å². The second-order valence-electron chi connectivity index (χ2n) is 5.63. The smallest absolute Gasteiger partial charge is 0.179 e. The Hall–Kier alpha value is -1.20. The summed E-state index contributed by atoms with van der Waals surface area (Å²) in [5, 5.41) is 0. The number of carbonyl (C=O) groups excluding carboxylic acids is 1. The van der Waals surface area contributed by atoms with Gasteiger partial charge in [0.05, 0.1) is 17.5 Å². The molecule has 20 heavy (non-hydrogen) atoms. The maximum absolute atomic E-state index is 12.4. The van der Waals surface area contributed by atoms with E-state index in [4.69, 9.17) is 0 Å². The molecule has 0 radical (unpaired) electrons. The Kier molecular flexibility index (Phi) is 4.30. The molecule has 0 bridgehead atoms. The fourth-order valence-electron chi connectivity index (χ4n) is 2.56. The second kappa shape index (κ2) is 5.66. The van der Waals surface area contributed by atoms with Crippen molar-refractivity contribution in [3.05, 3.63) is 35.4 Å². The minimum Gasteiger partial charge on any atom is -0.293 e. The lowest BCUT2D eigenvalue weighted by atomic mass is 10.0. The average molecular weight is 295 g/mol. The molecule has 5 heteroatoms. The first-order valence-electron chi connectivity index (χ1n) is 6.83. The van der Waals surface area contributed by atoms with Crippen LogP contribution in [0.5, 0.6) is 0 Å². The molecule has 0 aliphatic carbocycles. The molecule has 4 nitrogen and oxygen atoms in total. The van der Waals surface area contributed by atoms with Gasteiger partial charge in [-0.2, -0.15) is 0 Å². The van der Waals surface area contributed by atoms with E-state index in [0.29, 0.717) is 12.0 Å². The predicted molar refractivity (Wildman–Crippen MR) is 79.8 cm³/mol. The van der Waals surface area contributed by atoms with Gasteiger partial charge in [-0.25, -0.2) is 8.42 Å².